The Labute approximate surface area is 161 Å². The highest BCUT2D eigenvalue weighted by molar-refractivity contribution is 6.05. The van der Waals surface area contributed by atoms with Crippen molar-refractivity contribution in [1.29, 1.82) is 0 Å². The quantitative estimate of drug-likeness (QED) is 0.481. The lowest BCUT2D eigenvalue weighted by Gasteiger charge is -2.33. The molecule has 27 heavy (non-hydrogen) atoms. The molecular weight excluding hydrogens is 374 g/mol. The average Bonchev–Trinajstić information content (AvgIpc) is 2.39. The van der Waals surface area contributed by atoms with Crippen LogP contribution in [0.3, 0.4) is 0 Å². The Balaban J connectivity index is 0.000000465. The molecule has 0 saturated carbocycles. The van der Waals surface area contributed by atoms with Crippen LogP contribution in [0, 0.1) is 28.0 Å². The van der Waals surface area contributed by atoms with E-state index in [2.05, 4.69) is 32.3 Å². The number of hydrogen-bond donors (Lipinski definition) is 0. The number of rotatable bonds is 0. The summed E-state index contributed by atoms with van der Waals surface area (Å²) in [6, 6.07) is 0. The number of carbonyl (C=O) groups is 2. The summed E-state index contributed by atoms with van der Waals surface area (Å²) >= 11 is 0. The highest BCUT2D eigenvalue weighted by Crippen LogP contribution is 2.40. The van der Waals surface area contributed by atoms with Gasteiger partial charge in [-0.1, -0.05) is 27.7 Å². The van der Waals surface area contributed by atoms with Gasteiger partial charge < -0.3 is 0 Å². The van der Waals surface area contributed by atoms with Gasteiger partial charge in [-0.15, -0.1) is 10.2 Å². The smallest absolute Gasteiger partial charge is 0.193 e. The van der Waals surface area contributed by atoms with Crippen molar-refractivity contribution in [2.45, 2.75) is 60.3 Å². The van der Waals surface area contributed by atoms with Crippen LogP contribution >= 0.6 is 0 Å². The van der Waals surface area contributed by atoms with Crippen LogP contribution in [-0.4, -0.2) is 11.6 Å². The zero-order valence-corrected chi connectivity index (χ0v) is 17.4. The van der Waals surface area contributed by atoms with E-state index >= 15 is 0 Å². The van der Waals surface area contributed by atoms with Gasteiger partial charge in [0.2, 0.25) is 0 Å². The highest BCUT2D eigenvalue weighted by atomic mass is 35.7. The number of aromatic nitrogens is 1. The fourth-order valence-electron chi connectivity index (χ4n) is 4.29. The van der Waals surface area contributed by atoms with Crippen LogP contribution < -0.4 is 23.2 Å². The molecule has 2 aliphatic carbocycles. The van der Waals surface area contributed by atoms with E-state index in [1.165, 1.54) is 0 Å². The number of nitrogens with zero attached hydrogens (tertiary/aromatic N) is 1. The van der Waals surface area contributed by atoms with E-state index in [0.29, 0.717) is 12.8 Å². The van der Waals surface area contributed by atoms with Crippen LogP contribution in [0.15, 0.2) is 0 Å². The Morgan fingerprint density at radius 1 is 0.778 bits per heavy atom. The van der Waals surface area contributed by atoms with Gasteiger partial charge in [0.15, 0.2) is 23.0 Å². The molecule has 1 aromatic rings. The zero-order chi connectivity index (χ0) is 20.9. The number of hydrogen-bond acceptors (Lipinski definition) is 6. The van der Waals surface area contributed by atoms with Crippen LogP contribution in [0.25, 0.3) is 0 Å². The SMILES string of the molecule is Cc1c2c([n+](C)c3c1C(=O)CC(C)(C)C3)CC(C)(C)CC2=O.[O-][Cl+3]([O-])([O-])[O-]. The second kappa shape index (κ2) is 6.90. The first-order valence-corrected chi connectivity index (χ1v) is 9.98. The monoisotopic (exact) mass is 399 g/mol. The number of Topliss-reactive ketones (excluding diaryl/α,β-unsaturated/α-hetero) is 2. The van der Waals surface area contributed by atoms with E-state index in [-0.39, 0.29) is 22.4 Å². The van der Waals surface area contributed by atoms with Crippen molar-refractivity contribution >= 4 is 11.6 Å². The van der Waals surface area contributed by atoms with E-state index in [4.69, 9.17) is 18.6 Å². The van der Waals surface area contributed by atoms with Gasteiger partial charge in [0.1, 0.15) is 7.05 Å². The fourth-order valence-corrected chi connectivity index (χ4v) is 4.29. The largest absolute Gasteiger partial charge is 0.294 e. The minimum atomic E-state index is -4.94. The normalized spacial score (nSPS) is 20.4. The predicted octanol–water partition coefficient (Wildman–Crippen LogP) is -1.63. The molecule has 0 radical (unpaired) electrons. The van der Waals surface area contributed by atoms with E-state index in [0.717, 1.165) is 40.9 Å². The molecule has 0 fully saturated rings. The molecule has 0 aromatic carbocycles. The number of carbonyl (C=O) groups excluding carboxylic acids is 2. The van der Waals surface area contributed by atoms with Crippen molar-refractivity contribution in [2.24, 2.45) is 17.9 Å². The van der Waals surface area contributed by atoms with Gasteiger partial charge in [0.05, 0.1) is 11.1 Å². The van der Waals surface area contributed by atoms with E-state index in [1.807, 2.05) is 14.0 Å². The lowest BCUT2D eigenvalue weighted by Crippen LogP contribution is -2.68. The van der Waals surface area contributed by atoms with Crippen molar-refractivity contribution in [3.05, 3.63) is 28.1 Å². The maximum atomic E-state index is 12.7. The predicted molar refractivity (Wildman–Crippen MR) is 85.2 cm³/mol. The minimum absolute atomic E-state index is 0.00326. The van der Waals surface area contributed by atoms with Gasteiger partial charge in [-0.2, -0.15) is 0 Å². The molecule has 0 N–H and O–H groups in total. The van der Waals surface area contributed by atoms with Crippen LogP contribution in [0.2, 0.25) is 0 Å². The van der Waals surface area contributed by atoms with Gasteiger partial charge in [-0.25, -0.2) is 23.2 Å². The molecule has 1 aromatic heterocycles. The lowest BCUT2D eigenvalue weighted by atomic mass is 9.70. The Morgan fingerprint density at radius 2 is 1.07 bits per heavy atom. The summed E-state index contributed by atoms with van der Waals surface area (Å²) in [7, 11) is -2.92. The Hall–Kier alpha value is -1.38. The van der Waals surface area contributed by atoms with E-state index < -0.39 is 10.2 Å². The summed E-state index contributed by atoms with van der Waals surface area (Å²) in [5.41, 5.74) is 4.77. The molecule has 7 nitrogen and oxygen atoms in total. The number of ketones is 2. The second-order valence-corrected chi connectivity index (χ2v) is 9.84. The van der Waals surface area contributed by atoms with Gasteiger partial charge in [0, 0.05) is 25.7 Å². The molecule has 0 saturated heterocycles. The molecule has 1 heterocycles. The molecule has 2 aliphatic rings. The Bertz CT molecular complexity index is 744. The summed E-state index contributed by atoms with van der Waals surface area (Å²) in [6.45, 7) is 10.6. The Kier molecular flexibility index (Phi) is 5.60. The first-order valence-electron chi connectivity index (χ1n) is 8.75. The summed E-state index contributed by atoms with van der Waals surface area (Å²) in [4.78, 5) is 25.3. The molecular formula is C19H26ClNO6. The molecule has 0 amide bonds. The molecule has 0 unspecified atom stereocenters. The fraction of sp³-hybridized carbons (Fsp3) is 0.632. The topological polar surface area (TPSA) is 130 Å². The summed E-state index contributed by atoms with van der Waals surface area (Å²) < 4.78 is 36.1. The summed E-state index contributed by atoms with van der Waals surface area (Å²) in [5, 5.41) is 0. The van der Waals surface area contributed by atoms with Gasteiger partial charge in [-0.05, 0) is 23.3 Å². The van der Waals surface area contributed by atoms with Crippen LogP contribution in [0.5, 0.6) is 0 Å². The van der Waals surface area contributed by atoms with Crippen molar-refractivity contribution in [1.82, 2.24) is 0 Å². The van der Waals surface area contributed by atoms with Crippen LogP contribution in [0.4, 0.5) is 0 Å². The summed E-state index contributed by atoms with van der Waals surface area (Å²) in [5.74, 6) is 0.388. The third-order valence-electron chi connectivity index (χ3n) is 5.26. The second-order valence-electron chi connectivity index (χ2n) is 9.09. The average molecular weight is 400 g/mol. The third-order valence-corrected chi connectivity index (χ3v) is 5.26. The maximum Gasteiger partial charge on any atom is 0.193 e. The molecule has 0 atom stereocenters. The zero-order valence-electron chi connectivity index (χ0n) is 16.6. The van der Waals surface area contributed by atoms with Crippen LogP contribution in [0.1, 0.15) is 78.2 Å². The van der Waals surface area contributed by atoms with Crippen molar-refractivity contribution < 1.29 is 43.0 Å². The third kappa shape index (κ3) is 4.92. The van der Waals surface area contributed by atoms with Gasteiger partial charge >= 0.3 is 0 Å². The minimum Gasteiger partial charge on any atom is -0.294 e. The molecule has 0 spiro atoms. The highest BCUT2D eigenvalue weighted by Gasteiger charge is 2.44. The number of fused-ring (bicyclic) bond motifs is 2. The molecule has 8 heteroatoms. The number of pyridine rings is 1. The maximum absolute atomic E-state index is 12.7. The standard InChI is InChI=1S/C19H26NO2.ClHO4/c1-11-16-12(7-18(2,3)9-14(16)21)20(6)13-8-19(4,5)10-15(22)17(11)13;2-1(3,4)5/h7-10H2,1-6H3;(H,2,3,4,5)/q+1;/p-1. The van der Waals surface area contributed by atoms with Crippen LogP contribution in [-0.2, 0) is 19.9 Å². The van der Waals surface area contributed by atoms with Gasteiger partial charge in [-0.3, -0.25) is 9.59 Å². The lowest BCUT2D eigenvalue weighted by molar-refractivity contribution is -2.00. The number of halogens is 1. The van der Waals surface area contributed by atoms with Crippen molar-refractivity contribution in [3.63, 3.8) is 0 Å². The van der Waals surface area contributed by atoms with Crippen molar-refractivity contribution in [2.75, 3.05) is 0 Å². The molecule has 0 aliphatic heterocycles. The molecule has 150 valence electrons. The van der Waals surface area contributed by atoms with Crippen molar-refractivity contribution in [3.8, 4) is 0 Å². The Morgan fingerprint density at radius 3 is 1.37 bits per heavy atom. The molecule has 0 bridgehead atoms. The van der Waals surface area contributed by atoms with Gasteiger partial charge in [0.25, 0.3) is 0 Å². The summed E-state index contributed by atoms with van der Waals surface area (Å²) in [6.07, 6.45) is 2.93. The first-order chi connectivity index (χ1) is 12.0. The first kappa shape index (κ1) is 21.9. The van der Waals surface area contributed by atoms with E-state index in [9.17, 15) is 9.59 Å². The molecule has 3 rings (SSSR count). The van der Waals surface area contributed by atoms with E-state index in [1.54, 1.807) is 0 Å².